The number of carbonyl (C=O) groups is 1. The van der Waals surface area contributed by atoms with Crippen LogP contribution in [0.3, 0.4) is 0 Å². The van der Waals surface area contributed by atoms with Gasteiger partial charge in [-0.15, -0.1) is 0 Å². The van der Waals surface area contributed by atoms with Crippen LogP contribution in [0.2, 0.25) is 0 Å². The van der Waals surface area contributed by atoms with Crippen molar-refractivity contribution in [3.8, 4) is 11.5 Å². The Kier molecular flexibility index (Phi) is 7.37. The molecule has 24 heavy (non-hydrogen) atoms. The van der Waals surface area contributed by atoms with E-state index >= 15 is 0 Å². The predicted molar refractivity (Wildman–Crippen MR) is 96.0 cm³/mol. The predicted octanol–water partition coefficient (Wildman–Crippen LogP) is 3.04. The lowest BCUT2D eigenvalue weighted by Gasteiger charge is -2.34. The summed E-state index contributed by atoms with van der Waals surface area (Å²) in [5, 5.41) is 0. The van der Waals surface area contributed by atoms with Crippen LogP contribution < -0.4 is 9.47 Å². The number of hydrogen-bond donors (Lipinski definition) is 0. The number of nitrogens with zero attached hydrogens (tertiary/aromatic N) is 2. The van der Waals surface area contributed by atoms with Gasteiger partial charge in [0.1, 0.15) is 0 Å². The van der Waals surface area contributed by atoms with Gasteiger partial charge in [-0.25, -0.2) is 0 Å². The molecule has 0 unspecified atom stereocenters. The molecule has 134 valence electrons. The van der Waals surface area contributed by atoms with Gasteiger partial charge in [-0.1, -0.05) is 20.3 Å². The summed E-state index contributed by atoms with van der Waals surface area (Å²) >= 11 is 0. The average Bonchev–Trinajstić information content (AvgIpc) is 2.63. The summed E-state index contributed by atoms with van der Waals surface area (Å²) in [5.41, 5.74) is 0.672. The summed E-state index contributed by atoms with van der Waals surface area (Å²) in [6.45, 7) is 11.9. The smallest absolute Gasteiger partial charge is 0.254 e. The minimum atomic E-state index is 0.0758. The van der Waals surface area contributed by atoms with Gasteiger partial charge in [-0.3, -0.25) is 4.79 Å². The molecular formula is C19H30N2O3. The number of hydrogen-bond acceptors (Lipinski definition) is 4. The highest BCUT2D eigenvalue weighted by molar-refractivity contribution is 5.95. The van der Waals surface area contributed by atoms with Gasteiger partial charge in [0.15, 0.2) is 11.5 Å². The van der Waals surface area contributed by atoms with Gasteiger partial charge in [-0.05, 0) is 38.1 Å². The molecule has 1 aliphatic rings. The van der Waals surface area contributed by atoms with Crippen molar-refractivity contribution in [3.63, 3.8) is 0 Å². The zero-order valence-corrected chi connectivity index (χ0v) is 15.2. The molecule has 0 aliphatic carbocycles. The fourth-order valence-electron chi connectivity index (χ4n) is 2.80. The van der Waals surface area contributed by atoms with Crippen LogP contribution >= 0.6 is 0 Å². The lowest BCUT2D eigenvalue weighted by atomic mass is 10.1. The van der Waals surface area contributed by atoms with E-state index in [-0.39, 0.29) is 5.91 Å². The van der Waals surface area contributed by atoms with Crippen molar-refractivity contribution < 1.29 is 14.3 Å². The Morgan fingerprint density at radius 2 is 1.79 bits per heavy atom. The zero-order chi connectivity index (χ0) is 17.4. The molecule has 1 fully saturated rings. The summed E-state index contributed by atoms with van der Waals surface area (Å²) in [7, 11) is 0. The normalized spacial score (nSPS) is 15.4. The van der Waals surface area contributed by atoms with Gasteiger partial charge in [-0.2, -0.15) is 0 Å². The van der Waals surface area contributed by atoms with Crippen LogP contribution in [0.5, 0.6) is 11.5 Å². The number of ether oxygens (including phenoxy) is 2. The Balaban J connectivity index is 2.06. The maximum atomic E-state index is 12.7. The molecule has 5 nitrogen and oxygen atoms in total. The molecule has 2 rings (SSSR count). The Morgan fingerprint density at radius 1 is 1.04 bits per heavy atom. The molecule has 0 N–H and O–H groups in total. The number of unbranched alkanes of at least 4 members (excludes halogenated alkanes) is 1. The average molecular weight is 334 g/mol. The number of rotatable bonds is 8. The Labute approximate surface area is 145 Å². The highest BCUT2D eigenvalue weighted by Gasteiger charge is 2.22. The standard InChI is InChI=1S/C19H30N2O3/c1-4-7-14-24-17-9-8-16(15-18(17)23-6-3)19(22)21-12-10-20(5-2)11-13-21/h8-9,15H,4-7,10-14H2,1-3H3. The van der Waals surface area contributed by atoms with Gasteiger partial charge in [0.25, 0.3) is 5.91 Å². The van der Waals surface area contributed by atoms with Crippen LogP contribution in [-0.4, -0.2) is 61.6 Å². The third-order valence-corrected chi connectivity index (χ3v) is 4.35. The molecule has 0 radical (unpaired) electrons. The highest BCUT2D eigenvalue weighted by atomic mass is 16.5. The molecule has 0 aromatic heterocycles. The van der Waals surface area contributed by atoms with E-state index in [1.807, 2.05) is 30.0 Å². The molecule has 1 amide bonds. The monoisotopic (exact) mass is 334 g/mol. The van der Waals surface area contributed by atoms with Crippen LogP contribution in [0.15, 0.2) is 18.2 Å². The quantitative estimate of drug-likeness (QED) is 0.685. The summed E-state index contributed by atoms with van der Waals surface area (Å²) in [6.07, 6.45) is 2.10. The van der Waals surface area contributed by atoms with Crippen molar-refractivity contribution in [1.82, 2.24) is 9.80 Å². The number of carbonyl (C=O) groups excluding carboxylic acids is 1. The minimum Gasteiger partial charge on any atom is -0.490 e. The molecular weight excluding hydrogens is 304 g/mol. The van der Waals surface area contributed by atoms with Crippen molar-refractivity contribution in [2.24, 2.45) is 0 Å². The lowest BCUT2D eigenvalue weighted by molar-refractivity contribution is 0.0643. The molecule has 0 spiro atoms. The SMILES string of the molecule is CCCCOc1ccc(C(=O)N2CCN(CC)CC2)cc1OCC. The maximum Gasteiger partial charge on any atom is 0.254 e. The van der Waals surface area contributed by atoms with Crippen LogP contribution in [0.1, 0.15) is 44.0 Å². The first-order chi connectivity index (χ1) is 11.7. The first-order valence-electron chi connectivity index (χ1n) is 9.10. The fourth-order valence-corrected chi connectivity index (χ4v) is 2.80. The molecule has 1 aromatic rings. The van der Waals surface area contributed by atoms with Gasteiger partial charge in [0.2, 0.25) is 0 Å². The van der Waals surface area contributed by atoms with E-state index in [0.29, 0.717) is 24.5 Å². The van der Waals surface area contributed by atoms with Crippen molar-refractivity contribution in [2.75, 3.05) is 45.9 Å². The van der Waals surface area contributed by atoms with Gasteiger partial charge in [0.05, 0.1) is 13.2 Å². The lowest BCUT2D eigenvalue weighted by Crippen LogP contribution is -2.48. The van der Waals surface area contributed by atoms with E-state index in [4.69, 9.17) is 9.47 Å². The Morgan fingerprint density at radius 3 is 2.42 bits per heavy atom. The van der Waals surface area contributed by atoms with Gasteiger partial charge < -0.3 is 19.3 Å². The molecule has 0 atom stereocenters. The van der Waals surface area contributed by atoms with E-state index < -0.39 is 0 Å². The maximum absolute atomic E-state index is 12.7. The second-order valence-corrected chi connectivity index (χ2v) is 6.02. The molecule has 1 aliphatic heterocycles. The van der Waals surface area contributed by atoms with Gasteiger partial charge >= 0.3 is 0 Å². The van der Waals surface area contributed by atoms with E-state index in [1.54, 1.807) is 0 Å². The van der Waals surface area contributed by atoms with Crippen molar-refractivity contribution in [1.29, 1.82) is 0 Å². The summed E-state index contributed by atoms with van der Waals surface area (Å²) in [5.74, 6) is 1.45. The number of benzene rings is 1. The number of likely N-dealkylation sites (N-methyl/N-ethyl adjacent to an activating group) is 1. The largest absolute Gasteiger partial charge is 0.490 e. The van der Waals surface area contributed by atoms with Crippen LogP contribution in [0.4, 0.5) is 0 Å². The molecule has 0 saturated carbocycles. The van der Waals surface area contributed by atoms with Crippen molar-refractivity contribution in [2.45, 2.75) is 33.6 Å². The van der Waals surface area contributed by atoms with E-state index in [2.05, 4.69) is 18.7 Å². The number of amides is 1. The Bertz CT molecular complexity index is 525. The third kappa shape index (κ3) is 4.87. The third-order valence-electron chi connectivity index (χ3n) is 4.35. The van der Waals surface area contributed by atoms with E-state index in [9.17, 15) is 4.79 Å². The summed E-state index contributed by atoms with van der Waals surface area (Å²) in [4.78, 5) is 17.0. The molecule has 1 heterocycles. The molecule has 5 heteroatoms. The van der Waals surface area contributed by atoms with E-state index in [1.165, 1.54) is 0 Å². The highest BCUT2D eigenvalue weighted by Crippen LogP contribution is 2.29. The molecule has 0 bridgehead atoms. The first kappa shape index (κ1) is 18.6. The fraction of sp³-hybridized carbons (Fsp3) is 0.632. The van der Waals surface area contributed by atoms with Crippen LogP contribution in [-0.2, 0) is 0 Å². The first-order valence-corrected chi connectivity index (χ1v) is 9.10. The zero-order valence-electron chi connectivity index (χ0n) is 15.2. The van der Waals surface area contributed by atoms with E-state index in [0.717, 1.165) is 51.3 Å². The molecule has 1 saturated heterocycles. The minimum absolute atomic E-state index is 0.0758. The van der Waals surface area contributed by atoms with Crippen molar-refractivity contribution in [3.05, 3.63) is 23.8 Å². The molecule has 1 aromatic carbocycles. The second kappa shape index (κ2) is 9.52. The Hall–Kier alpha value is -1.75. The summed E-state index contributed by atoms with van der Waals surface area (Å²) in [6, 6.07) is 5.52. The van der Waals surface area contributed by atoms with Crippen LogP contribution in [0, 0.1) is 0 Å². The topological polar surface area (TPSA) is 42.0 Å². The van der Waals surface area contributed by atoms with Crippen LogP contribution in [0.25, 0.3) is 0 Å². The number of piperazine rings is 1. The van der Waals surface area contributed by atoms with Gasteiger partial charge in [0, 0.05) is 31.7 Å². The van der Waals surface area contributed by atoms with Crippen molar-refractivity contribution >= 4 is 5.91 Å². The second-order valence-electron chi connectivity index (χ2n) is 6.02. The summed E-state index contributed by atoms with van der Waals surface area (Å²) < 4.78 is 11.5.